The van der Waals surface area contributed by atoms with Gasteiger partial charge in [0.15, 0.2) is 0 Å². The Morgan fingerprint density at radius 2 is 2.13 bits per heavy atom. The van der Waals surface area contributed by atoms with Crippen LogP contribution in [-0.2, 0) is 4.74 Å². The van der Waals surface area contributed by atoms with Crippen molar-refractivity contribution in [2.24, 2.45) is 5.92 Å². The predicted molar refractivity (Wildman–Crippen MR) is 65.6 cm³/mol. The van der Waals surface area contributed by atoms with Gasteiger partial charge in [0.2, 0.25) is 0 Å². The van der Waals surface area contributed by atoms with Crippen LogP contribution in [0.1, 0.15) is 39.5 Å². The van der Waals surface area contributed by atoms with Gasteiger partial charge in [-0.2, -0.15) is 0 Å². The minimum Gasteiger partial charge on any atom is -0.377 e. The number of nitrogens with one attached hydrogen (secondary N) is 1. The van der Waals surface area contributed by atoms with Crippen molar-refractivity contribution < 1.29 is 4.74 Å². The quantitative estimate of drug-likeness (QED) is 0.683. The molecule has 0 saturated carbocycles. The van der Waals surface area contributed by atoms with Crippen LogP contribution in [0.3, 0.4) is 0 Å². The third-order valence-corrected chi connectivity index (χ3v) is 3.81. The number of halogens is 1. The zero-order chi connectivity index (χ0) is 11.1. The van der Waals surface area contributed by atoms with Crippen LogP contribution < -0.4 is 5.32 Å². The van der Waals surface area contributed by atoms with Crippen molar-refractivity contribution in [2.75, 3.05) is 19.7 Å². The van der Waals surface area contributed by atoms with Gasteiger partial charge in [-0.15, -0.1) is 11.6 Å². The fourth-order valence-corrected chi connectivity index (χ4v) is 2.62. The lowest BCUT2D eigenvalue weighted by Crippen LogP contribution is -2.33. The third kappa shape index (κ3) is 4.71. The van der Waals surface area contributed by atoms with Crippen LogP contribution in [0, 0.1) is 5.92 Å². The van der Waals surface area contributed by atoms with E-state index in [9.17, 15) is 0 Å². The topological polar surface area (TPSA) is 21.3 Å². The summed E-state index contributed by atoms with van der Waals surface area (Å²) in [6.45, 7) is 7.23. The van der Waals surface area contributed by atoms with Gasteiger partial charge in [-0.1, -0.05) is 26.7 Å². The summed E-state index contributed by atoms with van der Waals surface area (Å²) in [5.74, 6) is 0.642. The molecule has 0 amide bonds. The first-order valence-corrected chi connectivity index (χ1v) is 6.67. The molecule has 1 heterocycles. The number of hydrogen-bond donors (Lipinski definition) is 1. The number of alkyl halides is 1. The molecule has 2 unspecified atom stereocenters. The van der Waals surface area contributed by atoms with Crippen LogP contribution in [0.25, 0.3) is 0 Å². The summed E-state index contributed by atoms with van der Waals surface area (Å²) in [7, 11) is 0. The second-order valence-electron chi connectivity index (χ2n) is 4.39. The Morgan fingerprint density at radius 3 is 2.67 bits per heavy atom. The van der Waals surface area contributed by atoms with E-state index in [1.54, 1.807) is 0 Å². The van der Waals surface area contributed by atoms with Crippen molar-refractivity contribution in [2.45, 2.75) is 51.0 Å². The minimum atomic E-state index is 0.265. The molecule has 0 spiro atoms. The van der Waals surface area contributed by atoms with Crippen molar-refractivity contribution >= 4 is 11.6 Å². The maximum atomic E-state index is 6.33. The van der Waals surface area contributed by atoms with E-state index in [2.05, 4.69) is 19.2 Å². The Kier molecular flexibility index (Phi) is 6.62. The average Bonchev–Trinajstić information content (AvgIpc) is 2.72. The highest BCUT2D eigenvalue weighted by atomic mass is 35.5. The standard InChI is InChI=1S/C12H24ClNO/c1-3-10(4-2)12(13)9-14-8-11-6-5-7-15-11/h10-12,14H,3-9H2,1-2H3. The second-order valence-corrected chi connectivity index (χ2v) is 4.95. The van der Waals surface area contributed by atoms with Crippen LogP contribution in [0.4, 0.5) is 0 Å². The molecule has 2 nitrogen and oxygen atoms in total. The number of hydrogen-bond acceptors (Lipinski definition) is 2. The van der Waals surface area contributed by atoms with Crippen molar-refractivity contribution in [3.8, 4) is 0 Å². The molecule has 1 aliphatic rings. The molecule has 0 aromatic heterocycles. The normalized spacial score (nSPS) is 23.6. The molecule has 1 fully saturated rings. The lowest BCUT2D eigenvalue weighted by molar-refractivity contribution is 0.110. The molecule has 1 saturated heterocycles. The third-order valence-electron chi connectivity index (χ3n) is 3.30. The molecule has 3 heteroatoms. The molecule has 1 rings (SSSR count). The molecular weight excluding hydrogens is 210 g/mol. The van der Waals surface area contributed by atoms with E-state index in [-0.39, 0.29) is 5.38 Å². The van der Waals surface area contributed by atoms with Gasteiger partial charge in [-0.05, 0) is 18.8 Å². The van der Waals surface area contributed by atoms with Gasteiger partial charge < -0.3 is 10.1 Å². The second kappa shape index (κ2) is 7.48. The summed E-state index contributed by atoms with van der Waals surface area (Å²) < 4.78 is 5.54. The van der Waals surface area contributed by atoms with Gasteiger partial charge in [0.1, 0.15) is 0 Å². The van der Waals surface area contributed by atoms with E-state index in [0.29, 0.717) is 12.0 Å². The molecule has 0 aliphatic carbocycles. The first-order chi connectivity index (χ1) is 7.27. The van der Waals surface area contributed by atoms with Gasteiger partial charge in [-0.3, -0.25) is 0 Å². The van der Waals surface area contributed by atoms with Crippen LogP contribution in [0.2, 0.25) is 0 Å². The molecule has 2 atom stereocenters. The summed E-state index contributed by atoms with van der Waals surface area (Å²) >= 11 is 6.33. The molecule has 1 N–H and O–H groups in total. The van der Waals surface area contributed by atoms with E-state index in [0.717, 1.165) is 19.7 Å². The molecule has 15 heavy (non-hydrogen) atoms. The first-order valence-electron chi connectivity index (χ1n) is 6.24. The van der Waals surface area contributed by atoms with E-state index in [1.807, 2.05) is 0 Å². The smallest absolute Gasteiger partial charge is 0.0700 e. The zero-order valence-corrected chi connectivity index (χ0v) is 10.7. The fourth-order valence-electron chi connectivity index (χ4n) is 2.15. The summed E-state index contributed by atoms with van der Waals surface area (Å²) in [5, 5.41) is 3.68. The Labute approximate surface area is 98.7 Å². The van der Waals surface area contributed by atoms with Crippen LogP contribution >= 0.6 is 11.6 Å². The maximum absolute atomic E-state index is 6.33. The Morgan fingerprint density at radius 1 is 1.40 bits per heavy atom. The monoisotopic (exact) mass is 233 g/mol. The highest BCUT2D eigenvalue weighted by molar-refractivity contribution is 6.21. The summed E-state index contributed by atoms with van der Waals surface area (Å²) in [4.78, 5) is 0. The van der Waals surface area contributed by atoms with Crippen LogP contribution in [-0.4, -0.2) is 31.2 Å². The van der Waals surface area contributed by atoms with Crippen molar-refractivity contribution in [1.82, 2.24) is 5.32 Å². The maximum Gasteiger partial charge on any atom is 0.0700 e. The van der Waals surface area contributed by atoms with Gasteiger partial charge in [0.25, 0.3) is 0 Å². The largest absolute Gasteiger partial charge is 0.377 e. The van der Waals surface area contributed by atoms with Gasteiger partial charge in [0, 0.05) is 25.1 Å². The van der Waals surface area contributed by atoms with E-state index in [1.165, 1.54) is 25.7 Å². The molecule has 0 aromatic carbocycles. The summed E-state index contributed by atoms with van der Waals surface area (Å²) in [6.07, 6.45) is 5.18. The Balaban J connectivity index is 2.07. The molecule has 0 radical (unpaired) electrons. The number of rotatable bonds is 7. The van der Waals surface area contributed by atoms with Crippen molar-refractivity contribution in [3.63, 3.8) is 0 Å². The van der Waals surface area contributed by atoms with Crippen LogP contribution in [0.5, 0.6) is 0 Å². The average molecular weight is 234 g/mol. The van der Waals surface area contributed by atoms with Gasteiger partial charge >= 0.3 is 0 Å². The zero-order valence-electron chi connectivity index (χ0n) is 9.97. The Hall–Kier alpha value is 0.210. The van der Waals surface area contributed by atoms with Gasteiger partial charge in [-0.25, -0.2) is 0 Å². The minimum absolute atomic E-state index is 0.265. The van der Waals surface area contributed by atoms with E-state index >= 15 is 0 Å². The molecular formula is C12H24ClNO. The number of ether oxygens (including phenoxy) is 1. The van der Waals surface area contributed by atoms with Crippen molar-refractivity contribution in [3.05, 3.63) is 0 Å². The molecule has 0 aromatic rings. The van der Waals surface area contributed by atoms with E-state index in [4.69, 9.17) is 16.3 Å². The van der Waals surface area contributed by atoms with Crippen LogP contribution in [0.15, 0.2) is 0 Å². The first kappa shape index (κ1) is 13.3. The summed E-state index contributed by atoms with van der Waals surface area (Å²) in [6, 6.07) is 0. The Bertz CT molecular complexity index is 156. The molecule has 1 aliphatic heterocycles. The van der Waals surface area contributed by atoms with Crippen molar-refractivity contribution in [1.29, 1.82) is 0 Å². The molecule has 90 valence electrons. The highest BCUT2D eigenvalue weighted by Gasteiger charge is 2.18. The van der Waals surface area contributed by atoms with Gasteiger partial charge in [0.05, 0.1) is 6.10 Å². The summed E-state index contributed by atoms with van der Waals surface area (Å²) in [5.41, 5.74) is 0. The van der Waals surface area contributed by atoms with E-state index < -0.39 is 0 Å². The predicted octanol–water partition coefficient (Wildman–Crippen LogP) is 2.80. The highest BCUT2D eigenvalue weighted by Crippen LogP contribution is 2.18. The SMILES string of the molecule is CCC(CC)C(Cl)CNCC1CCCO1. The lowest BCUT2D eigenvalue weighted by atomic mass is 9.99. The molecule has 0 bridgehead atoms. The lowest BCUT2D eigenvalue weighted by Gasteiger charge is -2.20. The fraction of sp³-hybridized carbons (Fsp3) is 1.00.